The maximum atomic E-state index is 13.2. The number of halogens is 9. The molecular formula is C28H31F9N2O3. The lowest BCUT2D eigenvalue weighted by molar-refractivity contribution is -0.143. The summed E-state index contributed by atoms with van der Waals surface area (Å²) in [6, 6.07) is 3.81. The lowest BCUT2D eigenvalue weighted by Gasteiger charge is -2.28. The van der Waals surface area contributed by atoms with Gasteiger partial charge in [-0.3, -0.25) is 9.69 Å². The Balaban J connectivity index is 0.000000299. The van der Waals surface area contributed by atoms with Gasteiger partial charge in [0.15, 0.2) is 0 Å². The summed E-state index contributed by atoms with van der Waals surface area (Å²) in [6.07, 6.45) is -12.6. The zero-order valence-corrected chi connectivity index (χ0v) is 23.5. The minimum Gasteiger partial charge on any atom is -0.443 e. The first-order valence-electron chi connectivity index (χ1n) is 12.7. The monoisotopic (exact) mass is 614 g/mol. The summed E-state index contributed by atoms with van der Waals surface area (Å²) in [7, 11) is 0. The van der Waals surface area contributed by atoms with Crippen LogP contribution in [0.5, 0.6) is 0 Å². The Morgan fingerprint density at radius 2 is 1.38 bits per heavy atom. The highest BCUT2D eigenvalue weighted by Crippen LogP contribution is 2.39. The molecule has 0 saturated heterocycles. The summed E-state index contributed by atoms with van der Waals surface area (Å²) in [4.78, 5) is 24.4. The fraction of sp³-hybridized carbons (Fsp3) is 0.500. The first-order chi connectivity index (χ1) is 19.0. The van der Waals surface area contributed by atoms with Gasteiger partial charge in [-0.25, -0.2) is 4.79 Å². The number of rotatable bonds is 2. The van der Waals surface area contributed by atoms with E-state index in [9.17, 15) is 49.1 Å². The second kappa shape index (κ2) is 12.8. The second-order valence-corrected chi connectivity index (χ2v) is 10.7. The molecule has 0 fully saturated rings. The molecule has 0 atom stereocenters. The molecule has 0 bridgehead atoms. The smallest absolute Gasteiger partial charge is 0.416 e. The van der Waals surface area contributed by atoms with Gasteiger partial charge in [0.1, 0.15) is 5.60 Å². The molecule has 0 aromatic heterocycles. The maximum absolute atomic E-state index is 13.2. The number of ether oxygens (including phenoxy) is 1. The lowest BCUT2D eigenvalue weighted by atomic mass is 9.99. The number of nitrogens with one attached hydrogen (secondary N) is 1. The van der Waals surface area contributed by atoms with Gasteiger partial charge in [0, 0.05) is 20.0 Å². The normalized spacial score (nSPS) is 14.3. The van der Waals surface area contributed by atoms with Crippen LogP contribution in [0.3, 0.4) is 0 Å². The van der Waals surface area contributed by atoms with Crippen molar-refractivity contribution in [1.82, 2.24) is 5.32 Å². The molecule has 2 aromatic carbocycles. The van der Waals surface area contributed by atoms with E-state index in [1.807, 2.05) is 0 Å². The highest BCUT2D eigenvalue weighted by molar-refractivity contribution is 5.89. The fourth-order valence-corrected chi connectivity index (χ4v) is 4.07. The van der Waals surface area contributed by atoms with Gasteiger partial charge in [0.25, 0.3) is 0 Å². The number of aryl methyl sites for hydroxylation is 2. The Hall–Kier alpha value is -3.45. The van der Waals surface area contributed by atoms with E-state index in [2.05, 4.69) is 5.32 Å². The Kier molecular flexibility index (Phi) is 10.6. The van der Waals surface area contributed by atoms with Crippen molar-refractivity contribution in [3.8, 4) is 0 Å². The van der Waals surface area contributed by atoms with Crippen LogP contribution in [0.4, 0.5) is 50.0 Å². The molecule has 5 nitrogen and oxygen atoms in total. The molecule has 0 aliphatic carbocycles. The van der Waals surface area contributed by atoms with Crippen molar-refractivity contribution in [3.05, 3.63) is 63.7 Å². The van der Waals surface area contributed by atoms with E-state index < -0.39 is 59.4 Å². The Morgan fingerprint density at radius 1 is 0.833 bits per heavy atom. The second-order valence-electron chi connectivity index (χ2n) is 10.7. The number of carbonyl (C=O) groups excluding carboxylic acids is 2. The molecule has 3 rings (SSSR count). The van der Waals surface area contributed by atoms with E-state index in [1.54, 1.807) is 26.8 Å². The average molecular weight is 615 g/mol. The third kappa shape index (κ3) is 10.1. The molecule has 1 N–H and O–H groups in total. The first-order valence-corrected chi connectivity index (χ1v) is 12.7. The van der Waals surface area contributed by atoms with E-state index in [-0.39, 0.29) is 17.2 Å². The first kappa shape index (κ1) is 34.7. The molecule has 1 aliphatic rings. The third-order valence-electron chi connectivity index (χ3n) is 5.90. The van der Waals surface area contributed by atoms with E-state index in [1.165, 1.54) is 11.8 Å². The van der Waals surface area contributed by atoms with Gasteiger partial charge in [-0.2, -0.15) is 39.5 Å². The van der Waals surface area contributed by atoms with E-state index in [0.717, 1.165) is 31.4 Å². The quantitative estimate of drug-likeness (QED) is 0.346. The van der Waals surface area contributed by atoms with Crippen LogP contribution in [0.25, 0.3) is 0 Å². The molecule has 2 aromatic rings. The van der Waals surface area contributed by atoms with Crippen molar-refractivity contribution in [3.63, 3.8) is 0 Å². The van der Waals surface area contributed by atoms with Crippen molar-refractivity contribution < 1.29 is 53.8 Å². The maximum Gasteiger partial charge on any atom is 0.416 e. The molecular weight excluding hydrogens is 583 g/mol. The molecule has 14 heteroatoms. The summed E-state index contributed by atoms with van der Waals surface area (Å²) >= 11 is 0. The van der Waals surface area contributed by atoms with Crippen LogP contribution in [0.2, 0.25) is 0 Å². The molecule has 1 heterocycles. The number of anilines is 1. The van der Waals surface area contributed by atoms with Crippen LogP contribution in [0.15, 0.2) is 30.3 Å². The Labute approximate surface area is 237 Å². The van der Waals surface area contributed by atoms with Crippen molar-refractivity contribution in [1.29, 1.82) is 0 Å². The van der Waals surface area contributed by atoms with Gasteiger partial charge in [-0.05, 0) is 87.9 Å². The predicted molar refractivity (Wildman–Crippen MR) is 137 cm³/mol. The molecule has 234 valence electrons. The summed E-state index contributed by atoms with van der Waals surface area (Å²) in [6.45, 7) is 7.73. The lowest BCUT2D eigenvalue weighted by Crippen LogP contribution is -2.37. The van der Waals surface area contributed by atoms with Crippen molar-refractivity contribution in [2.24, 2.45) is 0 Å². The van der Waals surface area contributed by atoms with Crippen LogP contribution in [0.1, 0.15) is 73.9 Å². The fourth-order valence-electron chi connectivity index (χ4n) is 4.07. The van der Waals surface area contributed by atoms with Crippen LogP contribution in [-0.4, -0.2) is 24.1 Å². The molecule has 0 spiro atoms. The largest absolute Gasteiger partial charge is 0.443 e. The van der Waals surface area contributed by atoms with E-state index >= 15 is 0 Å². The predicted octanol–water partition coefficient (Wildman–Crippen LogP) is 8.45. The Morgan fingerprint density at radius 3 is 1.83 bits per heavy atom. The molecule has 0 unspecified atom stereocenters. The molecule has 1 aliphatic heterocycles. The number of carbonyl (C=O) groups is 2. The minimum atomic E-state index is -4.88. The Bertz CT molecular complexity index is 1250. The van der Waals surface area contributed by atoms with Crippen molar-refractivity contribution in [2.45, 2.75) is 84.6 Å². The minimum absolute atomic E-state index is 0.0390. The summed E-state index contributed by atoms with van der Waals surface area (Å²) < 4.78 is 120. The number of hydrogen-bond donors (Lipinski definition) is 1. The number of amides is 2. The zero-order valence-electron chi connectivity index (χ0n) is 23.5. The number of nitrogens with zero attached hydrogens (tertiary/aromatic N) is 1. The van der Waals surface area contributed by atoms with Crippen LogP contribution >= 0.6 is 0 Å². The zero-order chi connectivity index (χ0) is 32.3. The van der Waals surface area contributed by atoms with Crippen LogP contribution < -0.4 is 10.2 Å². The van der Waals surface area contributed by atoms with Crippen molar-refractivity contribution >= 4 is 17.7 Å². The summed E-state index contributed by atoms with van der Waals surface area (Å²) in [5.74, 6) is -0.550. The van der Waals surface area contributed by atoms with Gasteiger partial charge < -0.3 is 10.1 Å². The number of benzene rings is 2. The van der Waals surface area contributed by atoms with Gasteiger partial charge in [0.05, 0.1) is 22.4 Å². The van der Waals surface area contributed by atoms with E-state index in [0.29, 0.717) is 30.8 Å². The molecule has 0 radical (unpaired) electrons. The van der Waals surface area contributed by atoms with Crippen LogP contribution in [0, 0.1) is 6.92 Å². The van der Waals surface area contributed by atoms with Gasteiger partial charge >= 0.3 is 24.6 Å². The molecule has 42 heavy (non-hydrogen) atoms. The number of alkyl halides is 9. The number of fused-ring (bicyclic) bond motifs is 1. The summed E-state index contributed by atoms with van der Waals surface area (Å²) in [5, 5.41) is 2.15. The standard InChI is InChI=1S/C17H22F3NO2.C11H9F6NO/c1-11-9-12-7-5-6-8-21(15(22)23-16(2,3)4)14(12)10-13(11)17(18,19)20;1-6(19)18-5-7-2-8(10(12,13)14)4-9(3-7)11(15,16)17/h9-10H,5-8H2,1-4H3;2-4H,5H2,1H3,(H,18,19). The topological polar surface area (TPSA) is 58.6 Å². The van der Waals surface area contributed by atoms with Crippen LogP contribution in [-0.2, 0) is 41.0 Å². The van der Waals surface area contributed by atoms with Gasteiger partial charge in [-0.15, -0.1) is 0 Å². The van der Waals surface area contributed by atoms with E-state index in [4.69, 9.17) is 4.74 Å². The highest BCUT2D eigenvalue weighted by Gasteiger charge is 2.37. The van der Waals surface area contributed by atoms with Gasteiger partial charge in [-0.1, -0.05) is 6.07 Å². The van der Waals surface area contributed by atoms with Crippen molar-refractivity contribution in [2.75, 3.05) is 11.4 Å². The third-order valence-corrected chi connectivity index (χ3v) is 5.90. The average Bonchev–Trinajstić information content (AvgIpc) is 3.01. The summed E-state index contributed by atoms with van der Waals surface area (Å²) in [5.41, 5.74) is -3.20. The van der Waals surface area contributed by atoms with Gasteiger partial charge in [0.2, 0.25) is 5.91 Å². The molecule has 2 amide bonds. The highest BCUT2D eigenvalue weighted by atomic mass is 19.4. The number of hydrogen-bond acceptors (Lipinski definition) is 3. The molecule has 0 saturated carbocycles. The SMILES string of the molecule is CC(=O)NCc1cc(C(F)(F)F)cc(C(F)(F)F)c1.Cc1cc2c(cc1C(F)(F)F)N(C(=O)OC(C)(C)C)CCCC2.